The Morgan fingerprint density at radius 1 is 1.43 bits per heavy atom. The van der Waals surface area contributed by atoms with Gasteiger partial charge in [0.05, 0.1) is 6.54 Å². The van der Waals surface area contributed by atoms with Gasteiger partial charge in [0.15, 0.2) is 0 Å². The van der Waals surface area contributed by atoms with Crippen LogP contribution in [-0.4, -0.2) is 36.5 Å². The van der Waals surface area contributed by atoms with Crippen molar-refractivity contribution in [3.05, 3.63) is 7.05 Å². The minimum Gasteiger partial charge on any atom is -0.458 e. The molecule has 0 bridgehead atoms. The summed E-state index contributed by atoms with van der Waals surface area (Å²) >= 11 is 0. The van der Waals surface area contributed by atoms with Crippen molar-refractivity contribution in [3.8, 4) is 0 Å². The molecule has 82 valence electrons. The molecule has 1 aliphatic rings. The Morgan fingerprint density at radius 3 is 2.57 bits per heavy atom. The van der Waals surface area contributed by atoms with Gasteiger partial charge in [-0.2, -0.15) is 7.05 Å². The van der Waals surface area contributed by atoms with Crippen molar-refractivity contribution in [3.63, 3.8) is 0 Å². The molecule has 0 saturated carbocycles. The molecule has 0 aromatic heterocycles. The Balaban J connectivity index is 2.57. The summed E-state index contributed by atoms with van der Waals surface area (Å²) in [6.45, 7) is 6.75. The second-order valence-corrected chi connectivity index (χ2v) is 3.97. The molecule has 14 heavy (non-hydrogen) atoms. The van der Waals surface area contributed by atoms with Gasteiger partial charge in [0.2, 0.25) is 0 Å². The molecule has 1 rings (SSSR count). The van der Waals surface area contributed by atoms with Gasteiger partial charge < -0.3 is 9.80 Å². The molecule has 0 aliphatic carbocycles. The number of amides is 1. The quantitative estimate of drug-likeness (QED) is 0.638. The summed E-state index contributed by atoms with van der Waals surface area (Å²) in [6, 6.07) is 0.114. The number of piperidine rings is 1. The SMILES string of the molecule is [CH2-][NH+]1CCCCC1C(=O)N(CC)CC. The highest BCUT2D eigenvalue weighted by Gasteiger charge is 2.29. The lowest BCUT2D eigenvalue weighted by atomic mass is 10.0. The van der Waals surface area contributed by atoms with E-state index < -0.39 is 0 Å². The highest BCUT2D eigenvalue weighted by molar-refractivity contribution is 5.80. The number of nitrogens with one attached hydrogen (secondary N) is 1. The number of nitrogens with zero attached hydrogens (tertiary/aromatic N) is 1. The van der Waals surface area contributed by atoms with Crippen molar-refractivity contribution in [1.82, 2.24) is 4.90 Å². The molecule has 2 atom stereocenters. The number of rotatable bonds is 3. The second kappa shape index (κ2) is 5.35. The van der Waals surface area contributed by atoms with Crippen molar-refractivity contribution >= 4 is 5.91 Å². The number of carbonyl (C=O) groups excluding carboxylic acids is 1. The first-order chi connectivity index (χ1) is 6.70. The number of quaternary nitrogens is 1. The summed E-state index contributed by atoms with van der Waals surface area (Å²) in [5.74, 6) is 0.291. The lowest BCUT2D eigenvalue weighted by Gasteiger charge is -2.36. The van der Waals surface area contributed by atoms with Gasteiger partial charge in [0.1, 0.15) is 6.04 Å². The topological polar surface area (TPSA) is 24.8 Å². The Morgan fingerprint density at radius 2 is 2.07 bits per heavy atom. The van der Waals surface area contributed by atoms with Crippen LogP contribution in [0.15, 0.2) is 0 Å². The van der Waals surface area contributed by atoms with E-state index in [1.807, 2.05) is 18.7 Å². The van der Waals surface area contributed by atoms with E-state index in [2.05, 4.69) is 7.05 Å². The number of likely N-dealkylation sites (N-methyl/N-ethyl adjacent to an activating group) is 1. The Labute approximate surface area is 87.1 Å². The molecule has 1 amide bonds. The zero-order valence-corrected chi connectivity index (χ0v) is 9.38. The third-order valence-electron chi connectivity index (χ3n) is 3.11. The lowest BCUT2D eigenvalue weighted by Crippen LogP contribution is -3.13. The van der Waals surface area contributed by atoms with Gasteiger partial charge in [-0.1, -0.05) is 0 Å². The van der Waals surface area contributed by atoms with Crippen LogP contribution in [-0.2, 0) is 4.79 Å². The Bertz CT molecular complexity index is 190. The molecule has 1 aliphatic heterocycles. The van der Waals surface area contributed by atoms with Crippen LogP contribution in [0.25, 0.3) is 0 Å². The van der Waals surface area contributed by atoms with E-state index in [1.54, 1.807) is 0 Å². The molecule has 3 nitrogen and oxygen atoms in total. The maximum atomic E-state index is 12.0. The number of hydrogen-bond acceptors (Lipinski definition) is 1. The summed E-state index contributed by atoms with van der Waals surface area (Å²) in [4.78, 5) is 15.1. The van der Waals surface area contributed by atoms with Crippen LogP contribution in [0.1, 0.15) is 33.1 Å². The number of carbonyl (C=O) groups is 1. The third-order valence-corrected chi connectivity index (χ3v) is 3.11. The molecular formula is C11H22N2O. The van der Waals surface area contributed by atoms with Gasteiger partial charge in [0.25, 0.3) is 5.91 Å². The standard InChI is InChI=1S/C11H22N2O/c1-4-13(5-2)11(14)10-8-6-7-9-12(10)3/h10,12H,3-9H2,1-2H3. The predicted octanol–water partition coefficient (Wildman–Crippen LogP) is 0.0838. The Kier molecular flexibility index (Phi) is 4.39. The van der Waals surface area contributed by atoms with Gasteiger partial charge in [-0.05, 0) is 26.7 Å². The molecular weight excluding hydrogens is 176 g/mol. The third kappa shape index (κ3) is 2.47. The summed E-state index contributed by atoms with van der Waals surface area (Å²) in [5.41, 5.74) is 0. The fourth-order valence-electron chi connectivity index (χ4n) is 2.13. The van der Waals surface area contributed by atoms with E-state index in [4.69, 9.17) is 0 Å². The van der Waals surface area contributed by atoms with Crippen LogP contribution in [0.2, 0.25) is 0 Å². The van der Waals surface area contributed by atoms with Crippen LogP contribution >= 0.6 is 0 Å². The summed E-state index contributed by atoms with van der Waals surface area (Å²) < 4.78 is 0. The molecule has 0 aromatic rings. The lowest BCUT2D eigenvalue weighted by molar-refractivity contribution is -0.876. The zero-order chi connectivity index (χ0) is 10.6. The van der Waals surface area contributed by atoms with Crippen LogP contribution in [0.4, 0.5) is 0 Å². The Hall–Kier alpha value is -0.570. The van der Waals surface area contributed by atoms with Gasteiger partial charge in [-0.15, -0.1) is 0 Å². The molecule has 1 saturated heterocycles. The minimum atomic E-state index is 0.114. The maximum Gasteiger partial charge on any atom is 0.278 e. The van der Waals surface area contributed by atoms with Crippen LogP contribution < -0.4 is 4.90 Å². The van der Waals surface area contributed by atoms with E-state index in [0.29, 0.717) is 5.91 Å². The van der Waals surface area contributed by atoms with Crippen molar-refractivity contribution in [1.29, 1.82) is 0 Å². The molecule has 1 heterocycles. The highest BCUT2D eigenvalue weighted by Crippen LogP contribution is 2.06. The first-order valence-electron chi connectivity index (χ1n) is 5.67. The van der Waals surface area contributed by atoms with E-state index in [0.717, 1.165) is 31.0 Å². The summed E-state index contributed by atoms with van der Waals surface area (Å²) in [6.07, 6.45) is 3.39. The number of likely N-dealkylation sites (tertiary alicyclic amines) is 1. The maximum absolute atomic E-state index is 12.0. The normalized spacial score (nSPS) is 27.4. The first-order valence-corrected chi connectivity index (χ1v) is 5.67. The van der Waals surface area contributed by atoms with Crippen LogP contribution in [0.3, 0.4) is 0 Å². The summed E-state index contributed by atoms with van der Waals surface area (Å²) in [5, 5.41) is 0. The smallest absolute Gasteiger partial charge is 0.278 e. The molecule has 1 fully saturated rings. The minimum absolute atomic E-state index is 0.114. The van der Waals surface area contributed by atoms with Crippen LogP contribution in [0.5, 0.6) is 0 Å². The van der Waals surface area contributed by atoms with Gasteiger partial charge >= 0.3 is 0 Å². The molecule has 0 spiro atoms. The van der Waals surface area contributed by atoms with Crippen molar-refractivity contribution in [2.24, 2.45) is 0 Å². The fourth-order valence-corrected chi connectivity index (χ4v) is 2.13. The highest BCUT2D eigenvalue weighted by atomic mass is 16.2. The van der Waals surface area contributed by atoms with Gasteiger partial charge in [-0.3, -0.25) is 4.79 Å². The van der Waals surface area contributed by atoms with Crippen molar-refractivity contribution in [2.75, 3.05) is 19.6 Å². The number of hydrogen-bond donors (Lipinski definition) is 1. The van der Waals surface area contributed by atoms with E-state index in [1.165, 1.54) is 12.8 Å². The molecule has 0 radical (unpaired) electrons. The molecule has 3 heteroatoms. The van der Waals surface area contributed by atoms with E-state index >= 15 is 0 Å². The summed E-state index contributed by atoms with van der Waals surface area (Å²) in [7, 11) is 4.02. The van der Waals surface area contributed by atoms with E-state index in [-0.39, 0.29) is 6.04 Å². The monoisotopic (exact) mass is 198 g/mol. The molecule has 2 unspecified atom stereocenters. The first kappa shape index (κ1) is 11.5. The fraction of sp³-hybridized carbons (Fsp3) is 0.818. The molecule has 1 N–H and O–H groups in total. The van der Waals surface area contributed by atoms with Crippen molar-refractivity contribution < 1.29 is 9.69 Å². The van der Waals surface area contributed by atoms with E-state index in [9.17, 15) is 4.79 Å². The molecule has 0 aromatic carbocycles. The van der Waals surface area contributed by atoms with Crippen molar-refractivity contribution in [2.45, 2.75) is 39.2 Å². The van der Waals surface area contributed by atoms with Gasteiger partial charge in [0, 0.05) is 19.5 Å². The largest absolute Gasteiger partial charge is 0.458 e. The zero-order valence-electron chi connectivity index (χ0n) is 9.38. The average Bonchev–Trinajstić information content (AvgIpc) is 2.20. The van der Waals surface area contributed by atoms with Gasteiger partial charge in [-0.25, -0.2) is 0 Å². The van der Waals surface area contributed by atoms with Crippen LogP contribution in [0, 0.1) is 7.05 Å². The average molecular weight is 198 g/mol. The second-order valence-electron chi connectivity index (χ2n) is 3.97. The predicted molar refractivity (Wildman–Crippen MR) is 56.8 cm³/mol.